The normalized spacial score (nSPS) is 21.9. The summed E-state index contributed by atoms with van der Waals surface area (Å²) in [6, 6.07) is 5.05. The van der Waals surface area contributed by atoms with Gasteiger partial charge in [-0.1, -0.05) is 0 Å². The summed E-state index contributed by atoms with van der Waals surface area (Å²) in [5.74, 6) is -1.63. The first kappa shape index (κ1) is 15.3. The number of amides is 1. The average Bonchev–Trinajstić information content (AvgIpc) is 2.46. The van der Waals surface area contributed by atoms with Crippen molar-refractivity contribution in [1.29, 1.82) is 0 Å². The van der Waals surface area contributed by atoms with Gasteiger partial charge in [0.15, 0.2) is 6.61 Å². The van der Waals surface area contributed by atoms with Crippen molar-refractivity contribution in [1.82, 2.24) is 4.90 Å². The molecule has 1 fully saturated rings. The number of carbonyl (C=O) groups excluding carboxylic acids is 1. The lowest BCUT2D eigenvalue weighted by Gasteiger charge is -2.37. The Kier molecular flexibility index (Phi) is 4.77. The van der Waals surface area contributed by atoms with E-state index in [1.807, 2.05) is 0 Å². The van der Waals surface area contributed by atoms with Crippen LogP contribution in [0.4, 0.5) is 4.39 Å². The van der Waals surface area contributed by atoms with Crippen LogP contribution in [0.25, 0.3) is 0 Å². The van der Waals surface area contributed by atoms with Crippen LogP contribution in [0, 0.1) is 11.7 Å². The summed E-state index contributed by atoms with van der Waals surface area (Å²) in [6.07, 6.45) is 1.25. The number of piperidine rings is 1. The van der Waals surface area contributed by atoms with Crippen molar-refractivity contribution >= 4 is 11.9 Å². The highest BCUT2D eigenvalue weighted by Crippen LogP contribution is 2.24. The number of hydrogen-bond donors (Lipinski definition) is 1. The minimum absolute atomic E-state index is 0.178. The van der Waals surface area contributed by atoms with Crippen LogP contribution in [0.5, 0.6) is 5.75 Å². The van der Waals surface area contributed by atoms with Crippen LogP contribution in [0.3, 0.4) is 0 Å². The van der Waals surface area contributed by atoms with Crippen molar-refractivity contribution in [3.8, 4) is 5.75 Å². The molecule has 1 N–H and O–H groups in total. The summed E-state index contributed by atoms with van der Waals surface area (Å²) >= 11 is 0. The maximum atomic E-state index is 12.8. The second kappa shape index (κ2) is 6.56. The molecule has 1 saturated heterocycles. The highest BCUT2D eigenvalue weighted by Gasteiger charge is 2.35. The SMILES string of the molecule is C[C@@H]1[C@H](C(=O)O)CCCN1C(=O)COc1ccc(F)cc1. The van der Waals surface area contributed by atoms with Crippen LogP contribution in [-0.4, -0.2) is 41.1 Å². The Labute approximate surface area is 122 Å². The van der Waals surface area contributed by atoms with Crippen molar-refractivity contribution in [2.24, 2.45) is 5.92 Å². The van der Waals surface area contributed by atoms with E-state index in [1.165, 1.54) is 24.3 Å². The van der Waals surface area contributed by atoms with Gasteiger partial charge in [0.1, 0.15) is 11.6 Å². The van der Waals surface area contributed by atoms with Gasteiger partial charge in [0, 0.05) is 12.6 Å². The Hall–Kier alpha value is -2.11. The molecule has 1 aromatic rings. The van der Waals surface area contributed by atoms with E-state index in [9.17, 15) is 14.0 Å². The number of carboxylic acid groups (broad SMARTS) is 1. The van der Waals surface area contributed by atoms with Gasteiger partial charge in [-0.3, -0.25) is 9.59 Å². The molecule has 1 aliphatic heterocycles. The number of aliphatic carboxylic acids is 1. The van der Waals surface area contributed by atoms with Crippen LogP contribution in [0.2, 0.25) is 0 Å². The number of rotatable bonds is 4. The van der Waals surface area contributed by atoms with Crippen molar-refractivity contribution in [2.45, 2.75) is 25.8 Å². The van der Waals surface area contributed by atoms with Crippen LogP contribution in [-0.2, 0) is 9.59 Å². The quantitative estimate of drug-likeness (QED) is 0.921. The number of benzene rings is 1. The Morgan fingerprint density at radius 2 is 2.05 bits per heavy atom. The molecular weight excluding hydrogens is 277 g/mol. The molecule has 0 spiro atoms. The molecule has 2 atom stereocenters. The molecule has 1 heterocycles. The predicted molar refractivity (Wildman–Crippen MR) is 73.4 cm³/mol. The minimum Gasteiger partial charge on any atom is -0.484 e. The molecule has 0 aromatic heterocycles. The van der Waals surface area contributed by atoms with Crippen LogP contribution in [0.1, 0.15) is 19.8 Å². The topological polar surface area (TPSA) is 66.8 Å². The fraction of sp³-hybridized carbons (Fsp3) is 0.467. The van der Waals surface area contributed by atoms with Crippen LogP contribution < -0.4 is 4.74 Å². The number of likely N-dealkylation sites (tertiary alicyclic amines) is 1. The first-order valence-electron chi connectivity index (χ1n) is 6.89. The number of carbonyl (C=O) groups is 2. The summed E-state index contributed by atoms with van der Waals surface area (Å²) in [6.45, 7) is 2.10. The van der Waals surface area contributed by atoms with E-state index >= 15 is 0 Å². The fourth-order valence-electron chi connectivity index (χ4n) is 2.58. The third kappa shape index (κ3) is 3.71. The van der Waals surface area contributed by atoms with Gasteiger partial charge in [0.05, 0.1) is 5.92 Å². The van der Waals surface area contributed by atoms with Gasteiger partial charge in [-0.05, 0) is 44.0 Å². The molecular formula is C15H18FNO4. The highest BCUT2D eigenvalue weighted by atomic mass is 19.1. The van der Waals surface area contributed by atoms with E-state index in [4.69, 9.17) is 9.84 Å². The van der Waals surface area contributed by atoms with Gasteiger partial charge in [-0.15, -0.1) is 0 Å². The summed E-state index contributed by atoms with van der Waals surface area (Å²) in [4.78, 5) is 24.8. The van der Waals surface area contributed by atoms with Crippen LogP contribution in [0.15, 0.2) is 24.3 Å². The van der Waals surface area contributed by atoms with Gasteiger partial charge in [-0.2, -0.15) is 0 Å². The van der Waals surface area contributed by atoms with Gasteiger partial charge in [0.25, 0.3) is 5.91 Å². The molecule has 0 saturated carbocycles. The molecule has 1 aliphatic rings. The molecule has 1 aromatic carbocycles. The molecule has 6 heteroatoms. The summed E-state index contributed by atoms with van der Waals surface area (Å²) in [5, 5.41) is 9.14. The lowest BCUT2D eigenvalue weighted by atomic mass is 9.90. The zero-order chi connectivity index (χ0) is 15.4. The molecule has 0 radical (unpaired) electrons. The van der Waals surface area contributed by atoms with Gasteiger partial charge in [-0.25, -0.2) is 4.39 Å². The van der Waals surface area contributed by atoms with Crippen molar-refractivity contribution in [3.63, 3.8) is 0 Å². The third-order valence-electron chi connectivity index (χ3n) is 3.80. The third-order valence-corrected chi connectivity index (χ3v) is 3.80. The number of nitrogens with zero attached hydrogens (tertiary/aromatic N) is 1. The molecule has 0 unspecified atom stereocenters. The standard InChI is InChI=1S/C15H18FNO4/c1-10-13(15(19)20)3-2-8-17(10)14(18)9-21-12-6-4-11(16)5-7-12/h4-7,10,13H,2-3,8-9H2,1H3,(H,19,20)/t10-,13-/m1/s1. The largest absolute Gasteiger partial charge is 0.484 e. The smallest absolute Gasteiger partial charge is 0.308 e. The van der Waals surface area contributed by atoms with Gasteiger partial charge < -0.3 is 14.7 Å². The molecule has 5 nitrogen and oxygen atoms in total. The van der Waals surface area contributed by atoms with Gasteiger partial charge >= 0.3 is 5.97 Å². The number of hydrogen-bond acceptors (Lipinski definition) is 3. The highest BCUT2D eigenvalue weighted by molar-refractivity contribution is 5.80. The Balaban J connectivity index is 1.93. The lowest BCUT2D eigenvalue weighted by molar-refractivity contribution is -0.149. The maximum absolute atomic E-state index is 12.8. The Morgan fingerprint density at radius 3 is 2.67 bits per heavy atom. The number of ether oxygens (including phenoxy) is 1. The number of halogens is 1. The Bertz CT molecular complexity index is 517. The van der Waals surface area contributed by atoms with E-state index in [0.29, 0.717) is 25.1 Å². The monoisotopic (exact) mass is 295 g/mol. The second-order valence-corrected chi connectivity index (χ2v) is 5.16. The maximum Gasteiger partial charge on any atom is 0.308 e. The van der Waals surface area contributed by atoms with Crippen LogP contribution >= 0.6 is 0 Å². The average molecular weight is 295 g/mol. The van der Waals surface area contributed by atoms with Crippen molar-refractivity contribution < 1.29 is 23.8 Å². The molecule has 114 valence electrons. The van der Waals surface area contributed by atoms with E-state index in [0.717, 1.165) is 0 Å². The molecule has 0 aliphatic carbocycles. The summed E-state index contributed by atoms with van der Waals surface area (Å²) < 4.78 is 18.1. The first-order valence-corrected chi connectivity index (χ1v) is 6.89. The van der Waals surface area contributed by atoms with E-state index in [2.05, 4.69) is 0 Å². The van der Waals surface area contributed by atoms with Crippen molar-refractivity contribution in [2.75, 3.05) is 13.2 Å². The fourth-order valence-corrected chi connectivity index (χ4v) is 2.58. The molecule has 21 heavy (non-hydrogen) atoms. The summed E-state index contributed by atoms with van der Waals surface area (Å²) in [7, 11) is 0. The molecule has 1 amide bonds. The van der Waals surface area contributed by atoms with E-state index in [1.54, 1.807) is 11.8 Å². The van der Waals surface area contributed by atoms with Crippen molar-refractivity contribution in [3.05, 3.63) is 30.1 Å². The van der Waals surface area contributed by atoms with E-state index in [-0.39, 0.29) is 24.4 Å². The van der Waals surface area contributed by atoms with Gasteiger partial charge in [0.2, 0.25) is 0 Å². The zero-order valence-electron chi connectivity index (χ0n) is 11.8. The second-order valence-electron chi connectivity index (χ2n) is 5.16. The number of carboxylic acids is 1. The Morgan fingerprint density at radius 1 is 1.38 bits per heavy atom. The lowest BCUT2D eigenvalue weighted by Crippen LogP contribution is -2.50. The minimum atomic E-state index is -0.876. The van der Waals surface area contributed by atoms with E-state index < -0.39 is 11.9 Å². The molecule has 2 rings (SSSR count). The summed E-state index contributed by atoms with van der Waals surface area (Å²) in [5.41, 5.74) is 0. The predicted octanol–water partition coefficient (Wildman–Crippen LogP) is 1.92. The zero-order valence-corrected chi connectivity index (χ0v) is 11.8. The first-order chi connectivity index (χ1) is 9.99. The molecule has 0 bridgehead atoms.